The highest BCUT2D eigenvalue weighted by Crippen LogP contribution is 2.34. The van der Waals surface area contributed by atoms with Crippen LogP contribution in [0.15, 0.2) is 24.5 Å². The van der Waals surface area contributed by atoms with E-state index in [-0.39, 0.29) is 11.6 Å². The van der Waals surface area contributed by atoms with Gasteiger partial charge < -0.3 is 0 Å². The van der Waals surface area contributed by atoms with Crippen molar-refractivity contribution in [3.05, 3.63) is 53.0 Å². The van der Waals surface area contributed by atoms with Crippen molar-refractivity contribution in [2.45, 2.75) is 71.0 Å². The Morgan fingerprint density at radius 2 is 1.69 bits per heavy atom. The molecule has 1 fully saturated rings. The van der Waals surface area contributed by atoms with E-state index in [2.05, 4.69) is 25.0 Å². The van der Waals surface area contributed by atoms with Gasteiger partial charge >= 0.3 is 6.18 Å². The summed E-state index contributed by atoms with van der Waals surface area (Å²) in [5.41, 5.74) is 1.17. The van der Waals surface area contributed by atoms with Crippen LogP contribution in [-0.4, -0.2) is 42.6 Å². The second-order valence-electron chi connectivity index (χ2n) is 9.53. The minimum Gasteiger partial charge on any atom is -0.299 e. The molecule has 0 spiro atoms. The fraction of sp³-hybridized carbons (Fsp3) is 0.565. The molecule has 3 aromatic heterocycles. The second-order valence-corrected chi connectivity index (χ2v) is 9.53. The summed E-state index contributed by atoms with van der Waals surface area (Å²) in [5.74, 6) is 0.951. The maximum atomic E-state index is 13.7. The van der Waals surface area contributed by atoms with Crippen LogP contribution in [-0.2, 0) is 24.6 Å². The Morgan fingerprint density at radius 1 is 1.03 bits per heavy atom. The van der Waals surface area contributed by atoms with Gasteiger partial charge in [-0.15, -0.1) is 0 Å². The Hall–Kier alpha value is -2.55. The van der Waals surface area contributed by atoms with Crippen LogP contribution in [0, 0.1) is 0 Å². The van der Waals surface area contributed by atoms with Crippen molar-refractivity contribution in [2.24, 2.45) is 0 Å². The number of halogens is 3. The van der Waals surface area contributed by atoms with Gasteiger partial charge in [-0.2, -0.15) is 18.3 Å². The third kappa shape index (κ3) is 4.77. The molecule has 0 bridgehead atoms. The molecule has 0 radical (unpaired) electrons. The van der Waals surface area contributed by atoms with Crippen molar-refractivity contribution in [2.75, 3.05) is 13.1 Å². The smallest absolute Gasteiger partial charge is 0.299 e. The van der Waals surface area contributed by atoms with Gasteiger partial charge in [0.1, 0.15) is 11.5 Å². The maximum Gasteiger partial charge on any atom is 0.433 e. The molecule has 0 atom stereocenters. The molecule has 172 valence electrons. The first kappa shape index (κ1) is 22.6. The predicted octanol–water partition coefficient (Wildman–Crippen LogP) is 4.78. The highest BCUT2D eigenvalue weighted by Gasteiger charge is 2.37. The topological polar surface area (TPSA) is 59.2 Å². The monoisotopic (exact) mass is 446 g/mol. The zero-order chi connectivity index (χ0) is 23.1. The number of aryl methyl sites for hydroxylation is 1. The van der Waals surface area contributed by atoms with E-state index in [0.29, 0.717) is 11.4 Å². The molecule has 0 aromatic carbocycles. The molecule has 4 heterocycles. The van der Waals surface area contributed by atoms with Gasteiger partial charge in [0.15, 0.2) is 5.65 Å². The normalized spacial score (nSPS) is 16.7. The Labute approximate surface area is 185 Å². The fourth-order valence-electron chi connectivity index (χ4n) is 4.07. The molecular formula is C23H29F3N6. The molecule has 6 nitrogen and oxygen atoms in total. The van der Waals surface area contributed by atoms with Gasteiger partial charge in [-0.05, 0) is 32.0 Å². The Balaban J connectivity index is 1.52. The number of rotatable bonds is 4. The standard InChI is InChI=1S/C23H29F3N6/c1-5-20-27-12-15(13-28-20)14-31-8-6-16(7-9-31)17-10-21-29-18(22(2,3)4)11-19(23(24,25)26)32(21)30-17/h10-13,16H,5-9,14H2,1-4H3. The lowest BCUT2D eigenvalue weighted by atomic mass is 9.91. The summed E-state index contributed by atoms with van der Waals surface area (Å²) in [6, 6.07) is 2.85. The molecule has 32 heavy (non-hydrogen) atoms. The number of piperidine rings is 1. The van der Waals surface area contributed by atoms with Crippen LogP contribution in [0.25, 0.3) is 5.65 Å². The minimum absolute atomic E-state index is 0.117. The first-order valence-electron chi connectivity index (χ1n) is 11.0. The number of nitrogens with zero attached hydrogens (tertiary/aromatic N) is 6. The average molecular weight is 447 g/mol. The van der Waals surface area contributed by atoms with E-state index in [9.17, 15) is 13.2 Å². The molecular weight excluding hydrogens is 417 g/mol. The largest absolute Gasteiger partial charge is 0.433 e. The molecule has 0 N–H and O–H groups in total. The molecule has 0 amide bonds. The maximum absolute atomic E-state index is 13.7. The SMILES string of the molecule is CCc1ncc(CN2CCC(c3cc4nc(C(C)(C)C)cc(C(F)(F)F)n4n3)CC2)cn1. The van der Waals surface area contributed by atoms with Crippen molar-refractivity contribution in [3.8, 4) is 0 Å². The lowest BCUT2D eigenvalue weighted by molar-refractivity contribution is -0.142. The molecule has 9 heteroatoms. The van der Waals surface area contributed by atoms with Crippen LogP contribution in [0.3, 0.4) is 0 Å². The average Bonchev–Trinajstić information content (AvgIpc) is 3.17. The van der Waals surface area contributed by atoms with Crippen molar-refractivity contribution < 1.29 is 13.2 Å². The van der Waals surface area contributed by atoms with E-state index in [0.717, 1.165) is 60.9 Å². The molecule has 1 saturated heterocycles. The number of alkyl halides is 3. The van der Waals surface area contributed by atoms with E-state index < -0.39 is 17.3 Å². The number of hydrogen-bond acceptors (Lipinski definition) is 5. The Morgan fingerprint density at radius 3 is 2.25 bits per heavy atom. The summed E-state index contributed by atoms with van der Waals surface area (Å²) in [7, 11) is 0. The number of likely N-dealkylation sites (tertiary alicyclic amines) is 1. The van der Waals surface area contributed by atoms with Crippen LogP contribution in [0.2, 0.25) is 0 Å². The summed E-state index contributed by atoms with van der Waals surface area (Å²) in [4.78, 5) is 15.5. The van der Waals surface area contributed by atoms with E-state index in [4.69, 9.17) is 0 Å². The van der Waals surface area contributed by atoms with Crippen LogP contribution >= 0.6 is 0 Å². The minimum atomic E-state index is -4.50. The lowest BCUT2D eigenvalue weighted by Crippen LogP contribution is -2.32. The van der Waals surface area contributed by atoms with E-state index in [1.807, 2.05) is 40.1 Å². The first-order chi connectivity index (χ1) is 15.0. The molecule has 1 aliphatic heterocycles. The molecule has 4 rings (SSSR count). The second kappa shape index (κ2) is 8.42. The Kier molecular flexibility index (Phi) is 5.96. The zero-order valence-electron chi connectivity index (χ0n) is 18.9. The molecule has 3 aromatic rings. The van der Waals surface area contributed by atoms with Gasteiger partial charge in [0, 0.05) is 48.3 Å². The van der Waals surface area contributed by atoms with Gasteiger partial charge in [-0.25, -0.2) is 19.5 Å². The summed E-state index contributed by atoms with van der Waals surface area (Å²) >= 11 is 0. The zero-order valence-corrected chi connectivity index (χ0v) is 18.9. The van der Waals surface area contributed by atoms with Gasteiger partial charge in [-0.3, -0.25) is 4.90 Å². The van der Waals surface area contributed by atoms with Gasteiger partial charge in [0.2, 0.25) is 0 Å². The molecule has 0 unspecified atom stereocenters. The van der Waals surface area contributed by atoms with Gasteiger partial charge in [0.05, 0.1) is 11.4 Å². The first-order valence-corrected chi connectivity index (χ1v) is 11.0. The highest BCUT2D eigenvalue weighted by atomic mass is 19.4. The van der Waals surface area contributed by atoms with Crippen molar-refractivity contribution >= 4 is 5.65 Å². The number of hydrogen-bond donors (Lipinski definition) is 0. The summed E-state index contributed by atoms with van der Waals surface area (Å²) in [6.45, 7) is 10.1. The molecule has 0 saturated carbocycles. The van der Waals surface area contributed by atoms with Crippen LogP contribution in [0.5, 0.6) is 0 Å². The molecule has 1 aliphatic rings. The highest BCUT2D eigenvalue weighted by molar-refractivity contribution is 5.44. The van der Waals surface area contributed by atoms with Crippen LogP contribution in [0.4, 0.5) is 13.2 Å². The fourth-order valence-corrected chi connectivity index (χ4v) is 4.07. The lowest BCUT2D eigenvalue weighted by Gasteiger charge is -2.31. The van der Waals surface area contributed by atoms with Crippen molar-refractivity contribution in [3.63, 3.8) is 0 Å². The number of fused-ring (bicyclic) bond motifs is 1. The van der Waals surface area contributed by atoms with E-state index in [1.54, 1.807) is 6.07 Å². The van der Waals surface area contributed by atoms with E-state index >= 15 is 0 Å². The van der Waals surface area contributed by atoms with Gasteiger partial charge in [-0.1, -0.05) is 27.7 Å². The van der Waals surface area contributed by atoms with Crippen LogP contribution in [0.1, 0.15) is 74.9 Å². The molecule has 0 aliphatic carbocycles. The quantitative estimate of drug-likeness (QED) is 0.577. The summed E-state index contributed by atoms with van der Waals surface area (Å²) in [6.07, 6.45) is 1.74. The van der Waals surface area contributed by atoms with E-state index in [1.165, 1.54) is 0 Å². The third-order valence-corrected chi connectivity index (χ3v) is 5.99. The third-order valence-electron chi connectivity index (χ3n) is 5.99. The summed E-state index contributed by atoms with van der Waals surface area (Å²) in [5, 5.41) is 4.35. The van der Waals surface area contributed by atoms with Gasteiger partial charge in [0.25, 0.3) is 0 Å². The number of aromatic nitrogens is 5. The Bertz CT molecular complexity index is 1070. The summed E-state index contributed by atoms with van der Waals surface area (Å²) < 4.78 is 42.2. The van der Waals surface area contributed by atoms with Crippen molar-refractivity contribution in [1.82, 2.24) is 29.5 Å². The predicted molar refractivity (Wildman–Crippen MR) is 115 cm³/mol. The van der Waals surface area contributed by atoms with Crippen molar-refractivity contribution in [1.29, 1.82) is 0 Å². The van der Waals surface area contributed by atoms with Crippen LogP contribution < -0.4 is 0 Å².